The van der Waals surface area contributed by atoms with E-state index in [1.807, 2.05) is 0 Å². The molecule has 0 saturated carbocycles. The van der Waals surface area contributed by atoms with Crippen molar-refractivity contribution in [3.63, 3.8) is 0 Å². The first-order valence-electron chi connectivity index (χ1n) is 6.51. The van der Waals surface area contributed by atoms with Crippen LogP contribution in [0.4, 0.5) is 5.69 Å². The summed E-state index contributed by atoms with van der Waals surface area (Å²) in [5.41, 5.74) is 1.42. The second-order valence-electron chi connectivity index (χ2n) is 4.45. The predicted octanol–water partition coefficient (Wildman–Crippen LogP) is 1.91. The number of benzene rings is 1. The first kappa shape index (κ1) is 18.3. The Kier molecular flexibility index (Phi) is 7.76. The van der Waals surface area contributed by atoms with Gasteiger partial charge in [0.15, 0.2) is 0 Å². The summed E-state index contributed by atoms with van der Waals surface area (Å²) in [6, 6.07) is 5.23. The standard InChI is InChI=1S/C14H17ClN2O4S/c1-9-10(15)3-2-4-11(9)17-12(18)5-6-16-13(19)7-22-8-14(20)21/h2-4H,5-8H2,1H3,(H,16,19)(H,17,18)(H,20,21). The molecule has 22 heavy (non-hydrogen) atoms. The Labute approximate surface area is 137 Å². The monoisotopic (exact) mass is 344 g/mol. The molecule has 0 radical (unpaired) electrons. The van der Waals surface area contributed by atoms with Crippen LogP contribution >= 0.6 is 23.4 Å². The molecule has 2 amide bonds. The van der Waals surface area contributed by atoms with Gasteiger partial charge in [0, 0.05) is 23.7 Å². The molecular formula is C14H17ClN2O4S. The van der Waals surface area contributed by atoms with Crippen molar-refractivity contribution >= 4 is 46.8 Å². The summed E-state index contributed by atoms with van der Waals surface area (Å²) in [6.07, 6.45) is 0.126. The summed E-state index contributed by atoms with van der Waals surface area (Å²) >= 11 is 6.97. The van der Waals surface area contributed by atoms with Gasteiger partial charge in [-0.25, -0.2) is 0 Å². The molecule has 8 heteroatoms. The van der Waals surface area contributed by atoms with E-state index in [9.17, 15) is 14.4 Å². The number of aliphatic carboxylic acids is 1. The van der Waals surface area contributed by atoms with Gasteiger partial charge in [-0.1, -0.05) is 17.7 Å². The summed E-state index contributed by atoms with van der Waals surface area (Å²) in [5, 5.41) is 14.3. The van der Waals surface area contributed by atoms with Gasteiger partial charge in [0.05, 0.1) is 11.5 Å². The number of halogens is 1. The van der Waals surface area contributed by atoms with E-state index >= 15 is 0 Å². The van der Waals surface area contributed by atoms with Crippen molar-refractivity contribution in [1.29, 1.82) is 0 Å². The van der Waals surface area contributed by atoms with Gasteiger partial charge in [0.25, 0.3) is 0 Å². The van der Waals surface area contributed by atoms with E-state index in [1.165, 1.54) is 0 Å². The van der Waals surface area contributed by atoms with Gasteiger partial charge in [-0.3, -0.25) is 14.4 Å². The van der Waals surface area contributed by atoms with Crippen LogP contribution in [0.5, 0.6) is 0 Å². The largest absolute Gasteiger partial charge is 0.481 e. The molecule has 0 aliphatic rings. The van der Waals surface area contributed by atoms with E-state index in [0.29, 0.717) is 10.7 Å². The summed E-state index contributed by atoms with van der Waals surface area (Å²) < 4.78 is 0. The first-order valence-corrected chi connectivity index (χ1v) is 8.04. The van der Waals surface area contributed by atoms with Gasteiger partial charge in [-0.05, 0) is 24.6 Å². The average molecular weight is 345 g/mol. The molecule has 0 aliphatic heterocycles. The van der Waals surface area contributed by atoms with Crippen molar-refractivity contribution in [2.45, 2.75) is 13.3 Å². The number of anilines is 1. The van der Waals surface area contributed by atoms with Crippen molar-refractivity contribution in [1.82, 2.24) is 5.32 Å². The normalized spacial score (nSPS) is 10.1. The third-order valence-corrected chi connectivity index (χ3v) is 4.00. The zero-order valence-electron chi connectivity index (χ0n) is 12.0. The highest BCUT2D eigenvalue weighted by Crippen LogP contribution is 2.22. The van der Waals surface area contributed by atoms with Crippen molar-refractivity contribution in [3.05, 3.63) is 28.8 Å². The Morgan fingerprint density at radius 3 is 2.64 bits per heavy atom. The van der Waals surface area contributed by atoms with Crippen LogP contribution in [0.2, 0.25) is 5.02 Å². The molecule has 0 aromatic heterocycles. The summed E-state index contributed by atoms with van der Waals surface area (Å²) in [5.74, 6) is -1.56. The van der Waals surface area contributed by atoms with Crippen LogP contribution in [0.15, 0.2) is 18.2 Å². The van der Waals surface area contributed by atoms with E-state index in [0.717, 1.165) is 17.3 Å². The Balaban J connectivity index is 2.27. The average Bonchev–Trinajstić information content (AvgIpc) is 2.43. The highest BCUT2D eigenvalue weighted by molar-refractivity contribution is 8.00. The molecule has 1 aromatic rings. The Morgan fingerprint density at radius 1 is 1.23 bits per heavy atom. The number of amides is 2. The molecule has 0 fully saturated rings. The van der Waals surface area contributed by atoms with Crippen molar-refractivity contribution in [2.75, 3.05) is 23.4 Å². The van der Waals surface area contributed by atoms with E-state index in [1.54, 1.807) is 25.1 Å². The fourth-order valence-electron chi connectivity index (χ4n) is 1.55. The first-order chi connectivity index (χ1) is 10.4. The van der Waals surface area contributed by atoms with Crippen LogP contribution in [-0.2, 0) is 14.4 Å². The molecule has 6 nitrogen and oxygen atoms in total. The lowest BCUT2D eigenvalue weighted by Gasteiger charge is -2.10. The smallest absolute Gasteiger partial charge is 0.313 e. The SMILES string of the molecule is Cc1c(Cl)cccc1NC(=O)CCNC(=O)CSCC(=O)O. The van der Waals surface area contributed by atoms with Crippen molar-refractivity contribution in [2.24, 2.45) is 0 Å². The van der Waals surface area contributed by atoms with Crippen molar-refractivity contribution in [3.8, 4) is 0 Å². The quantitative estimate of drug-likeness (QED) is 0.669. The number of rotatable bonds is 8. The topological polar surface area (TPSA) is 95.5 Å². The van der Waals surface area contributed by atoms with Gasteiger partial charge in [-0.15, -0.1) is 11.8 Å². The lowest BCUT2D eigenvalue weighted by molar-refractivity contribution is -0.133. The van der Waals surface area contributed by atoms with Crippen LogP contribution in [0.1, 0.15) is 12.0 Å². The third kappa shape index (κ3) is 6.82. The van der Waals surface area contributed by atoms with Crippen LogP contribution in [0, 0.1) is 6.92 Å². The molecule has 0 aliphatic carbocycles. The summed E-state index contributed by atoms with van der Waals surface area (Å²) in [6.45, 7) is 2.00. The van der Waals surface area contributed by atoms with Gasteiger partial charge < -0.3 is 15.7 Å². The van der Waals surface area contributed by atoms with Crippen LogP contribution in [0.3, 0.4) is 0 Å². The maximum atomic E-state index is 11.8. The Morgan fingerprint density at radius 2 is 1.95 bits per heavy atom. The van der Waals surface area contributed by atoms with E-state index in [2.05, 4.69) is 10.6 Å². The number of carboxylic acids is 1. The Hall–Kier alpha value is -1.73. The van der Waals surface area contributed by atoms with Gasteiger partial charge in [0.1, 0.15) is 0 Å². The zero-order chi connectivity index (χ0) is 16.5. The second kappa shape index (κ2) is 9.32. The molecule has 1 rings (SSSR count). The lowest BCUT2D eigenvalue weighted by atomic mass is 10.2. The number of carboxylic acid groups (broad SMARTS) is 1. The van der Waals surface area contributed by atoms with Crippen LogP contribution < -0.4 is 10.6 Å². The van der Waals surface area contributed by atoms with Crippen molar-refractivity contribution < 1.29 is 19.5 Å². The van der Waals surface area contributed by atoms with Crippen LogP contribution in [0.25, 0.3) is 0 Å². The fourth-order valence-corrected chi connectivity index (χ4v) is 2.29. The van der Waals surface area contributed by atoms with Gasteiger partial charge in [-0.2, -0.15) is 0 Å². The maximum absolute atomic E-state index is 11.8. The summed E-state index contributed by atoms with van der Waals surface area (Å²) in [4.78, 5) is 33.5. The lowest BCUT2D eigenvalue weighted by Crippen LogP contribution is -2.29. The molecular weight excluding hydrogens is 328 g/mol. The second-order valence-corrected chi connectivity index (χ2v) is 5.84. The molecule has 0 atom stereocenters. The third-order valence-electron chi connectivity index (χ3n) is 2.67. The number of thioether (sulfide) groups is 1. The maximum Gasteiger partial charge on any atom is 0.313 e. The minimum absolute atomic E-state index is 0.0569. The van der Waals surface area contributed by atoms with E-state index in [4.69, 9.17) is 16.7 Å². The number of hydrogen-bond acceptors (Lipinski definition) is 4. The minimum atomic E-state index is -0.964. The molecule has 120 valence electrons. The number of carbonyl (C=O) groups is 3. The van der Waals surface area contributed by atoms with Gasteiger partial charge >= 0.3 is 5.97 Å². The van der Waals surface area contributed by atoms with E-state index in [-0.39, 0.29) is 36.3 Å². The zero-order valence-corrected chi connectivity index (χ0v) is 13.6. The highest BCUT2D eigenvalue weighted by Gasteiger charge is 2.08. The fraction of sp³-hybridized carbons (Fsp3) is 0.357. The molecule has 3 N–H and O–H groups in total. The number of carbonyl (C=O) groups excluding carboxylic acids is 2. The highest BCUT2D eigenvalue weighted by atomic mass is 35.5. The molecule has 0 bridgehead atoms. The number of hydrogen-bond donors (Lipinski definition) is 3. The Bertz CT molecular complexity index is 566. The van der Waals surface area contributed by atoms with Crippen LogP contribution in [-0.4, -0.2) is 40.9 Å². The van der Waals surface area contributed by atoms with E-state index < -0.39 is 5.97 Å². The summed E-state index contributed by atoms with van der Waals surface area (Å²) in [7, 11) is 0. The molecule has 0 unspecified atom stereocenters. The van der Waals surface area contributed by atoms with Gasteiger partial charge in [0.2, 0.25) is 11.8 Å². The molecule has 1 aromatic carbocycles. The molecule has 0 saturated heterocycles. The predicted molar refractivity (Wildman–Crippen MR) is 87.4 cm³/mol. The molecule has 0 heterocycles. The number of nitrogens with one attached hydrogen (secondary N) is 2. The minimum Gasteiger partial charge on any atom is -0.481 e. The molecule has 0 spiro atoms.